The van der Waals surface area contributed by atoms with Gasteiger partial charge in [0.25, 0.3) is 0 Å². The molecule has 0 bridgehead atoms. The zero-order valence-corrected chi connectivity index (χ0v) is 17.9. The monoisotopic (exact) mass is 413 g/mol. The zero-order valence-electron chi connectivity index (χ0n) is 17.1. The van der Waals surface area contributed by atoms with Crippen molar-refractivity contribution in [1.29, 1.82) is 0 Å². The van der Waals surface area contributed by atoms with Gasteiger partial charge >= 0.3 is 0 Å². The molecule has 0 spiro atoms. The van der Waals surface area contributed by atoms with Gasteiger partial charge in [-0.1, -0.05) is 13.8 Å². The van der Waals surface area contributed by atoms with Crippen molar-refractivity contribution >= 4 is 15.9 Å². The van der Waals surface area contributed by atoms with E-state index in [1.807, 2.05) is 0 Å². The van der Waals surface area contributed by atoms with E-state index in [1.165, 1.54) is 30.7 Å². The van der Waals surface area contributed by atoms with Gasteiger partial charge in [0.05, 0.1) is 19.1 Å². The molecule has 0 aromatic heterocycles. The first-order valence-corrected chi connectivity index (χ1v) is 11.1. The summed E-state index contributed by atoms with van der Waals surface area (Å²) in [6.45, 7) is 7.53. The molecule has 8 nitrogen and oxygen atoms in total. The number of ether oxygens (including phenoxy) is 2. The van der Waals surface area contributed by atoms with E-state index >= 15 is 0 Å². The number of nitrogens with zero attached hydrogens (tertiary/aromatic N) is 2. The standard InChI is InChI=1S/C19H31N3O5S/c1-5-21(6-2)13-11-20-19(23)16-8-7-12-22(16)28(24,25)15-9-10-17(26-3)18(14-15)27-4/h9-10,14,16H,5-8,11-13H2,1-4H3,(H,20,23). The summed E-state index contributed by atoms with van der Waals surface area (Å²) in [6, 6.07) is 3.78. The number of hydrogen-bond acceptors (Lipinski definition) is 6. The van der Waals surface area contributed by atoms with Crippen LogP contribution in [0.1, 0.15) is 26.7 Å². The van der Waals surface area contributed by atoms with E-state index in [-0.39, 0.29) is 10.8 Å². The SMILES string of the molecule is CCN(CC)CCNC(=O)C1CCCN1S(=O)(=O)c1ccc(OC)c(OC)c1. The minimum absolute atomic E-state index is 0.0907. The van der Waals surface area contributed by atoms with Gasteiger partial charge in [0.15, 0.2) is 11.5 Å². The molecule has 158 valence electrons. The Hall–Kier alpha value is -1.84. The van der Waals surface area contributed by atoms with Gasteiger partial charge in [-0.2, -0.15) is 4.31 Å². The van der Waals surface area contributed by atoms with Crippen LogP contribution in [0.2, 0.25) is 0 Å². The maximum Gasteiger partial charge on any atom is 0.243 e. The van der Waals surface area contributed by atoms with Crippen molar-refractivity contribution in [3.8, 4) is 11.5 Å². The van der Waals surface area contributed by atoms with Crippen molar-refractivity contribution < 1.29 is 22.7 Å². The summed E-state index contributed by atoms with van der Waals surface area (Å²) < 4.78 is 37.9. The molecule has 0 saturated carbocycles. The molecule has 1 aromatic carbocycles. The molecule has 0 radical (unpaired) electrons. The van der Waals surface area contributed by atoms with Crippen molar-refractivity contribution in [2.75, 3.05) is 46.9 Å². The lowest BCUT2D eigenvalue weighted by Crippen LogP contribution is -2.47. The Kier molecular flexibility index (Phi) is 8.09. The Labute approximate surface area is 167 Å². The van der Waals surface area contributed by atoms with Gasteiger partial charge in [-0.3, -0.25) is 4.79 Å². The van der Waals surface area contributed by atoms with E-state index in [0.717, 1.165) is 19.6 Å². The maximum atomic E-state index is 13.1. The molecular formula is C19H31N3O5S. The third-order valence-corrected chi connectivity index (χ3v) is 6.99. The second kappa shape index (κ2) is 10.1. The first kappa shape index (κ1) is 22.4. The van der Waals surface area contributed by atoms with Crippen LogP contribution in [0.5, 0.6) is 11.5 Å². The third kappa shape index (κ3) is 4.95. The van der Waals surface area contributed by atoms with Crippen LogP contribution in [0.3, 0.4) is 0 Å². The van der Waals surface area contributed by atoms with Crippen LogP contribution in [-0.2, 0) is 14.8 Å². The fourth-order valence-electron chi connectivity index (χ4n) is 3.40. The van der Waals surface area contributed by atoms with E-state index in [0.29, 0.717) is 37.4 Å². The highest BCUT2D eigenvalue weighted by molar-refractivity contribution is 7.89. The molecule has 1 aromatic rings. The topological polar surface area (TPSA) is 88.2 Å². The van der Waals surface area contributed by atoms with Crippen molar-refractivity contribution in [1.82, 2.24) is 14.5 Å². The van der Waals surface area contributed by atoms with Gasteiger partial charge in [-0.25, -0.2) is 8.42 Å². The molecule has 1 heterocycles. The third-order valence-electron chi connectivity index (χ3n) is 5.09. The molecule has 1 fully saturated rings. The molecule has 1 unspecified atom stereocenters. The molecule has 1 amide bonds. The average Bonchev–Trinajstić information content (AvgIpc) is 3.21. The van der Waals surface area contributed by atoms with Crippen LogP contribution < -0.4 is 14.8 Å². The fourth-order valence-corrected chi connectivity index (χ4v) is 5.07. The Morgan fingerprint density at radius 3 is 2.50 bits per heavy atom. The lowest BCUT2D eigenvalue weighted by atomic mass is 10.2. The Morgan fingerprint density at radius 2 is 1.89 bits per heavy atom. The van der Waals surface area contributed by atoms with Gasteiger partial charge in [-0.05, 0) is 38.1 Å². The lowest BCUT2D eigenvalue weighted by molar-refractivity contribution is -0.124. The number of methoxy groups -OCH3 is 2. The Morgan fingerprint density at radius 1 is 1.21 bits per heavy atom. The first-order valence-electron chi connectivity index (χ1n) is 9.62. The van der Waals surface area contributed by atoms with Crippen LogP contribution >= 0.6 is 0 Å². The average molecular weight is 414 g/mol. The minimum atomic E-state index is -3.81. The van der Waals surface area contributed by atoms with Crippen LogP contribution in [-0.4, -0.2) is 76.5 Å². The van der Waals surface area contributed by atoms with Gasteiger partial charge < -0.3 is 19.7 Å². The van der Waals surface area contributed by atoms with Gasteiger partial charge in [0, 0.05) is 25.7 Å². The highest BCUT2D eigenvalue weighted by Gasteiger charge is 2.39. The number of nitrogens with one attached hydrogen (secondary N) is 1. The first-order chi connectivity index (χ1) is 13.4. The van der Waals surface area contributed by atoms with E-state index in [2.05, 4.69) is 24.1 Å². The number of benzene rings is 1. The molecule has 1 aliphatic rings. The van der Waals surface area contributed by atoms with Crippen molar-refractivity contribution in [2.45, 2.75) is 37.6 Å². The number of sulfonamides is 1. The predicted molar refractivity (Wildman–Crippen MR) is 107 cm³/mol. The summed E-state index contributed by atoms with van der Waals surface area (Å²) >= 11 is 0. The number of likely N-dealkylation sites (N-methyl/N-ethyl adjacent to an activating group) is 1. The fraction of sp³-hybridized carbons (Fsp3) is 0.632. The summed E-state index contributed by atoms with van der Waals surface area (Å²) in [5.74, 6) is 0.547. The molecule has 9 heteroatoms. The van der Waals surface area contributed by atoms with E-state index in [4.69, 9.17) is 9.47 Å². The molecule has 1 atom stereocenters. The van der Waals surface area contributed by atoms with Gasteiger partial charge in [-0.15, -0.1) is 0 Å². The highest BCUT2D eigenvalue weighted by Crippen LogP contribution is 2.33. The molecule has 0 aliphatic carbocycles. The van der Waals surface area contributed by atoms with Crippen molar-refractivity contribution in [2.24, 2.45) is 0 Å². The van der Waals surface area contributed by atoms with E-state index in [1.54, 1.807) is 6.07 Å². The Balaban J connectivity index is 2.13. The molecule has 1 aliphatic heterocycles. The highest BCUT2D eigenvalue weighted by atomic mass is 32.2. The summed E-state index contributed by atoms with van der Waals surface area (Å²) in [5.41, 5.74) is 0. The quantitative estimate of drug-likeness (QED) is 0.622. The summed E-state index contributed by atoms with van der Waals surface area (Å²) in [6.07, 6.45) is 1.17. The number of rotatable bonds is 10. The van der Waals surface area contributed by atoms with Gasteiger partial charge in [0.1, 0.15) is 6.04 Å². The molecule has 1 N–H and O–H groups in total. The van der Waals surface area contributed by atoms with Gasteiger partial charge in [0.2, 0.25) is 15.9 Å². The Bertz CT molecular complexity index is 765. The summed E-state index contributed by atoms with van der Waals surface area (Å²) in [5, 5.41) is 2.89. The van der Waals surface area contributed by atoms with Crippen LogP contribution in [0.15, 0.2) is 23.1 Å². The number of carbonyl (C=O) groups excluding carboxylic acids is 1. The number of hydrogen-bond donors (Lipinski definition) is 1. The molecular weight excluding hydrogens is 382 g/mol. The van der Waals surface area contributed by atoms with E-state index in [9.17, 15) is 13.2 Å². The number of carbonyl (C=O) groups is 1. The van der Waals surface area contributed by atoms with Crippen LogP contribution in [0, 0.1) is 0 Å². The summed E-state index contributed by atoms with van der Waals surface area (Å²) in [7, 11) is -0.869. The largest absolute Gasteiger partial charge is 0.493 e. The number of amides is 1. The molecule has 2 rings (SSSR count). The van der Waals surface area contributed by atoms with E-state index < -0.39 is 16.1 Å². The zero-order chi connectivity index (χ0) is 20.7. The van der Waals surface area contributed by atoms with Crippen molar-refractivity contribution in [3.63, 3.8) is 0 Å². The smallest absolute Gasteiger partial charge is 0.243 e. The molecule has 1 saturated heterocycles. The minimum Gasteiger partial charge on any atom is -0.493 e. The second-order valence-corrected chi connectivity index (χ2v) is 8.50. The normalized spacial score (nSPS) is 17.7. The maximum absolute atomic E-state index is 13.1. The van der Waals surface area contributed by atoms with Crippen LogP contribution in [0.4, 0.5) is 0 Å². The predicted octanol–water partition coefficient (Wildman–Crippen LogP) is 1.31. The van der Waals surface area contributed by atoms with Crippen LogP contribution in [0.25, 0.3) is 0 Å². The second-order valence-electron chi connectivity index (χ2n) is 6.61. The van der Waals surface area contributed by atoms with Crippen molar-refractivity contribution in [3.05, 3.63) is 18.2 Å². The molecule has 28 heavy (non-hydrogen) atoms. The summed E-state index contributed by atoms with van der Waals surface area (Å²) in [4.78, 5) is 14.9. The lowest BCUT2D eigenvalue weighted by Gasteiger charge is -2.24.